The molecule has 0 unspecified atom stereocenters. The third-order valence-corrected chi connectivity index (χ3v) is 6.16. The van der Waals surface area contributed by atoms with Crippen LogP contribution in [0.3, 0.4) is 0 Å². The summed E-state index contributed by atoms with van der Waals surface area (Å²) < 4.78 is 0. The summed E-state index contributed by atoms with van der Waals surface area (Å²) in [6.45, 7) is 6.95. The van der Waals surface area contributed by atoms with Crippen LogP contribution in [0.15, 0.2) is 0 Å². The first-order valence-electron chi connectivity index (χ1n) is 9.59. The molecule has 0 saturated carbocycles. The molecule has 7 nitrogen and oxygen atoms in total. The van der Waals surface area contributed by atoms with E-state index >= 15 is 0 Å². The Morgan fingerprint density at radius 3 is 2.72 bits per heavy atom. The van der Waals surface area contributed by atoms with Crippen LogP contribution >= 0.6 is 0 Å². The fraction of sp³-hybridized carbons (Fsp3) is 0.889. The zero-order valence-electron chi connectivity index (χ0n) is 15.6. The Morgan fingerprint density at radius 2 is 2.08 bits per heavy atom. The highest BCUT2D eigenvalue weighted by Gasteiger charge is 2.45. The molecule has 3 heterocycles. The van der Waals surface area contributed by atoms with E-state index in [4.69, 9.17) is 0 Å². The van der Waals surface area contributed by atoms with Gasteiger partial charge < -0.3 is 15.3 Å². The molecule has 3 saturated heterocycles. The van der Waals surface area contributed by atoms with Crippen LogP contribution in [-0.4, -0.2) is 95.1 Å². The minimum Gasteiger partial charge on any atom is -0.391 e. The molecular formula is C18H32N4O3. The first-order valence-corrected chi connectivity index (χ1v) is 9.59. The molecule has 0 bridgehead atoms. The molecule has 0 aromatic heterocycles. The van der Waals surface area contributed by atoms with Crippen LogP contribution in [0.25, 0.3) is 0 Å². The number of hydrogen-bond acceptors (Lipinski definition) is 5. The maximum Gasteiger partial charge on any atom is 0.239 e. The van der Waals surface area contributed by atoms with Crippen molar-refractivity contribution < 1.29 is 14.7 Å². The Hall–Kier alpha value is -1.18. The summed E-state index contributed by atoms with van der Waals surface area (Å²) in [4.78, 5) is 31.3. The van der Waals surface area contributed by atoms with Gasteiger partial charge in [-0.1, -0.05) is 0 Å². The molecule has 0 radical (unpaired) electrons. The lowest BCUT2D eigenvalue weighted by atomic mass is 10.0. The minimum absolute atomic E-state index is 0.0839. The molecule has 142 valence electrons. The second-order valence-electron chi connectivity index (χ2n) is 8.02. The Kier molecular flexibility index (Phi) is 5.65. The van der Waals surface area contributed by atoms with Gasteiger partial charge in [0.1, 0.15) is 6.04 Å². The van der Waals surface area contributed by atoms with E-state index in [1.807, 2.05) is 0 Å². The van der Waals surface area contributed by atoms with Crippen LogP contribution in [0.4, 0.5) is 0 Å². The number of amides is 2. The average Bonchev–Trinajstić information content (AvgIpc) is 3.17. The third-order valence-electron chi connectivity index (χ3n) is 6.16. The summed E-state index contributed by atoms with van der Waals surface area (Å²) in [5, 5.41) is 12.7. The molecule has 0 aromatic carbocycles. The number of carbonyl (C=O) groups excluding carboxylic acids is 2. The third kappa shape index (κ3) is 3.83. The lowest BCUT2D eigenvalue weighted by Crippen LogP contribution is -2.51. The van der Waals surface area contributed by atoms with Gasteiger partial charge in [0.05, 0.1) is 6.10 Å². The second-order valence-corrected chi connectivity index (χ2v) is 8.02. The predicted molar refractivity (Wildman–Crippen MR) is 95.0 cm³/mol. The summed E-state index contributed by atoms with van der Waals surface area (Å²) in [6.07, 6.45) is 2.52. The number of rotatable bonds is 4. The molecule has 25 heavy (non-hydrogen) atoms. The maximum atomic E-state index is 12.6. The fourth-order valence-electron chi connectivity index (χ4n) is 4.59. The number of β-amino-alcohol motifs (C(OH)–C–C–N with tert-alkyl or cyclic N) is 1. The van der Waals surface area contributed by atoms with E-state index in [0.717, 1.165) is 19.4 Å². The predicted octanol–water partition coefficient (Wildman–Crippen LogP) is -0.359. The van der Waals surface area contributed by atoms with Crippen LogP contribution in [0, 0.1) is 0 Å². The molecule has 4 atom stereocenters. The van der Waals surface area contributed by atoms with Crippen LogP contribution in [0.1, 0.15) is 39.5 Å². The SMILES string of the molecule is CC(C)N1CC[C@@H]2[C@H]1C(=O)NC[C@H](CCC(=O)N1CC[C@@H](O)C1)N2C. The maximum absolute atomic E-state index is 12.6. The molecule has 3 rings (SSSR count). The number of nitrogens with zero attached hydrogens (tertiary/aromatic N) is 3. The number of fused-ring (bicyclic) bond motifs is 1. The van der Waals surface area contributed by atoms with Gasteiger partial charge in [-0.05, 0) is 40.2 Å². The van der Waals surface area contributed by atoms with Crippen LogP contribution in [0.2, 0.25) is 0 Å². The number of nitrogens with one attached hydrogen (secondary N) is 1. The molecule has 3 aliphatic heterocycles. The zero-order chi connectivity index (χ0) is 18.1. The lowest BCUT2D eigenvalue weighted by Gasteiger charge is -2.34. The van der Waals surface area contributed by atoms with Crippen molar-refractivity contribution in [3.8, 4) is 0 Å². The van der Waals surface area contributed by atoms with Crippen molar-refractivity contribution in [3.63, 3.8) is 0 Å². The number of carbonyl (C=O) groups is 2. The van der Waals surface area contributed by atoms with E-state index in [1.165, 1.54) is 0 Å². The van der Waals surface area contributed by atoms with E-state index < -0.39 is 0 Å². The van der Waals surface area contributed by atoms with Gasteiger partial charge in [-0.15, -0.1) is 0 Å². The standard InChI is InChI=1S/C18H32N4O3/c1-12(2)22-9-7-15-17(22)18(25)19-10-13(20(15)3)4-5-16(24)21-8-6-14(23)11-21/h12-15,17,23H,4-11H2,1-3H3,(H,19,25)/t13-,14+,15+,17-/m0/s1. The molecular weight excluding hydrogens is 320 g/mol. The minimum atomic E-state index is -0.370. The molecule has 0 aromatic rings. The summed E-state index contributed by atoms with van der Waals surface area (Å²) >= 11 is 0. The van der Waals surface area contributed by atoms with E-state index in [9.17, 15) is 14.7 Å². The van der Waals surface area contributed by atoms with Crippen molar-refractivity contribution >= 4 is 11.8 Å². The molecule has 2 amide bonds. The highest BCUT2D eigenvalue weighted by molar-refractivity contribution is 5.83. The van der Waals surface area contributed by atoms with E-state index in [2.05, 4.69) is 36.0 Å². The number of aliphatic hydroxyl groups excluding tert-OH is 1. The molecule has 3 fully saturated rings. The van der Waals surface area contributed by atoms with Gasteiger partial charge in [-0.2, -0.15) is 0 Å². The van der Waals surface area contributed by atoms with Gasteiger partial charge in [0, 0.05) is 50.7 Å². The smallest absolute Gasteiger partial charge is 0.239 e. The highest BCUT2D eigenvalue weighted by Crippen LogP contribution is 2.28. The van der Waals surface area contributed by atoms with Crippen molar-refractivity contribution in [2.45, 2.75) is 69.8 Å². The van der Waals surface area contributed by atoms with Crippen molar-refractivity contribution in [1.29, 1.82) is 0 Å². The normalized spacial score (nSPS) is 34.3. The Morgan fingerprint density at radius 1 is 1.32 bits per heavy atom. The molecule has 0 aliphatic carbocycles. The van der Waals surface area contributed by atoms with Crippen molar-refractivity contribution in [2.24, 2.45) is 0 Å². The van der Waals surface area contributed by atoms with E-state index in [1.54, 1.807) is 4.90 Å². The van der Waals surface area contributed by atoms with Crippen LogP contribution in [0.5, 0.6) is 0 Å². The molecule has 0 spiro atoms. The fourth-order valence-corrected chi connectivity index (χ4v) is 4.59. The number of aliphatic hydroxyl groups is 1. The molecule has 7 heteroatoms. The lowest BCUT2D eigenvalue weighted by molar-refractivity contribution is -0.131. The zero-order valence-corrected chi connectivity index (χ0v) is 15.6. The van der Waals surface area contributed by atoms with Gasteiger partial charge in [0.2, 0.25) is 11.8 Å². The van der Waals surface area contributed by atoms with Gasteiger partial charge in [-0.3, -0.25) is 19.4 Å². The van der Waals surface area contributed by atoms with E-state index in [-0.39, 0.29) is 36.0 Å². The second kappa shape index (κ2) is 7.60. The van der Waals surface area contributed by atoms with Crippen LogP contribution in [-0.2, 0) is 9.59 Å². The molecule has 3 aliphatic rings. The monoisotopic (exact) mass is 352 g/mol. The van der Waals surface area contributed by atoms with Crippen molar-refractivity contribution in [3.05, 3.63) is 0 Å². The van der Waals surface area contributed by atoms with Gasteiger partial charge in [0.15, 0.2) is 0 Å². The van der Waals surface area contributed by atoms with Gasteiger partial charge >= 0.3 is 0 Å². The number of hydrogen-bond donors (Lipinski definition) is 2. The quantitative estimate of drug-likeness (QED) is 0.723. The molecule has 2 N–H and O–H groups in total. The average molecular weight is 352 g/mol. The Bertz CT molecular complexity index is 513. The van der Waals surface area contributed by atoms with Gasteiger partial charge in [0.25, 0.3) is 0 Å². The Labute approximate surface area is 150 Å². The topological polar surface area (TPSA) is 76.1 Å². The summed E-state index contributed by atoms with van der Waals surface area (Å²) in [5.41, 5.74) is 0. The van der Waals surface area contributed by atoms with Crippen molar-refractivity contribution in [2.75, 3.05) is 33.2 Å². The highest BCUT2D eigenvalue weighted by atomic mass is 16.3. The number of likely N-dealkylation sites (N-methyl/N-ethyl adjacent to an activating group) is 1. The Balaban J connectivity index is 1.60. The van der Waals surface area contributed by atoms with Gasteiger partial charge in [-0.25, -0.2) is 0 Å². The summed E-state index contributed by atoms with van der Waals surface area (Å²) in [5.74, 6) is 0.242. The first-order chi connectivity index (χ1) is 11.9. The largest absolute Gasteiger partial charge is 0.391 e. The van der Waals surface area contributed by atoms with E-state index in [0.29, 0.717) is 38.5 Å². The summed E-state index contributed by atoms with van der Waals surface area (Å²) in [7, 11) is 2.09. The number of likely N-dealkylation sites (tertiary alicyclic amines) is 2. The summed E-state index contributed by atoms with van der Waals surface area (Å²) in [6, 6.07) is 0.675. The van der Waals surface area contributed by atoms with Crippen LogP contribution < -0.4 is 5.32 Å². The first kappa shape index (κ1) is 18.6. The van der Waals surface area contributed by atoms with Crippen molar-refractivity contribution in [1.82, 2.24) is 20.0 Å².